The maximum atomic E-state index is 12.4. The summed E-state index contributed by atoms with van der Waals surface area (Å²) in [5.74, 6) is -1.98. The number of rotatable bonds is 7. The quantitative estimate of drug-likeness (QED) is 0.336. The number of methoxy groups -OCH3 is 2. The van der Waals surface area contributed by atoms with Crippen LogP contribution >= 0.6 is 0 Å². The number of benzene rings is 1. The van der Waals surface area contributed by atoms with E-state index in [9.17, 15) is 20.0 Å². The highest BCUT2D eigenvalue weighted by Crippen LogP contribution is 2.43. The van der Waals surface area contributed by atoms with Gasteiger partial charge in [-0.2, -0.15) is 4.98 Å². The van der Waals surface area contributed by atoms with Crippen molar-refractivity contribution in [3.63, 3.8) is 0 Å². The Kier molecular flexibility index (Phi) is 5.49. The van der Waals surface area contributed by atoms with Gasteiger partial charge in [0.15, 0.2) is 11.3 Å². The number of carbonyl (C=O) groups excluding carboxylic acids is 1. The molecule has 1 aromatic carbocycles. The van der Waals surface area contributed by atoms with Gasteiger partial charge in [-0.15, -0.1) is 0 Å². The molecule has 0 spiro atoms. The van der Waals surface area contributed by atoms with Gasteiger partial charge in [-0.1, -0.05) is 5.16 Å². The Morgan fingerprint density at radius 3 is 2.64 bits per heavy atom. The van der Waals surface area contributed by atoms with Gasteiger partial charge in [-0.05, 0) is 6.07 Å². The number of aryl methyl sites for hydroxylation is 1. The fraction of sp³-hybridized carbons (Fsp3) is 0.357. The third-order valence-electron chi connectivity index (χ3n) is 3.13. The van der Waals surface area contributed by atoms with Crippen LogP contribution in [0.15, 0.2) is 10.6 Å². The number of aromatic nitrogens is 2. The molecule has 0 aliphatic heterocycles. The first-order chi connectivity index (χ1) is 11.9. The van der Waals surface area contributed by atoms with Gasteiger partial charge in [0.2, 0.25) is 17.5 Å². The third kappa shape index (κ3) is 3.66. The maximum Gasteiger partial charge on any atom is 0.346 e. The molecule has 0 radical (unpaired) electrons. The van der Waals surface area contributed by atoms with E-state index in [4.69, 9.17) is 18.7 Å². The van der Waals surface area contributed by atoms with Crippen LogP contribution in [0.5, 0.6) is 11.5 Å². The largest absolute Gasteiger partial charge is 0.499 e. The Balaban J connectivity index is 2.68. The average Bonchev–Trinajstić information content (AvgIpc) is 3.00. The highest BCUT2D eigenvalue weighted by molar-refractivity contribution is 6.02. The molecule has 0 bridgehead atoms. The van der Waals surface area contributed by atoms with E-state index in [0.717, 1.165) is 0 Å². The van der Waals surface area contributed by atoms with Crippen LogP contribution in [-0.2, 0) is 9.47 Å². The van der Waals surface area contributed by atoms with Gasteiger partial charge in [0.05, 0.1) is 18.6 Å². The predicted octanol–water partition coefficient (Wildman–Crippen LogP) is 1.47. The van der Waals surface area contributed by atoms with Crippen molar-refractivity contribution in [3.05, 3.63) is 27.6 Å². The molecule has 0 amide bonds. The van der Waals surface area contributed by atoms with Crippen LogP contribution in [-0.4, -0.2) is 53.6 Å². The summed E-state index contributed by atoms with van der Waals surface area (Å²) in [4.78, 5) is 26.8. The SMILES string of the molecule is COCCOC(=O)c1c(-c2noc(C)n2)cc(OC)c(O)c1[N+](=O)[O-]. The van der Waals surface area contributed by atoms with E-state index >= 15 is 0 Å². The summed E-state index contributed by atoms with van der Waals surface area (Å²) in [6.45, 7) is 1.47. The standard InChI is InChI=1S/C14H15N3O8/c1-7-15-13(16-25-7)8-6-9(23-3)12(18)11(17(20)21)10(8)14(19)24-5-4-22-2/h6,18H,4-5H2,1-3H3. The lowest BCUT2D eigenvalue weighted by Gasteiger charge is -2.11. The molecule has 11 nitrogen and oxygen atoms in total. The van der Waals surface area contributed by atoms with Crippen LogP contribution in [0.1, 0.15) is 16.2 Å². The molecule has 0 aliphatic rings. The van der Waals surface area contributed by atoms with Crippen LogP contribution in [0.25, 0.3) is 11.4 Å². The lowest BCUT2D eigenvalue weighted by atomic mass is 10.0. The van der Waals surface area contributed by atoms with Gasteiger partial charge in [0, 0.05) is 19.6 Å². The number of nitro benzene ring substituents is 1. The second-order valence-electron chi connectivity index (χ2n) is 4.72. The Morgan fingerprint density at radius 2 is 2.12 bits per heavy atom. The fourth-order valence-electron chi connectivity index (χ4n) is 2.05. The van der Waals surface area contributed by atoms with Crippen molar-refractivity contribution < 1.29 is 33.6 Å². The van der Waals surface area contributed by atoms with Crippen molar-refractivity contribution in [1.29, 1.82) is 0 Å². The maximum absolute atomic E-state index is 12.4. The van der Waals surface area contributed by atoms with Gasteiger partial charge >= 0.3 is 11.7 Å². The smallest absolute Gasteiger partial charge is 0.346 e. The lowest BCUT2D eigenvalue weighted by molar-refractivity contribution is -0.386. The molecule has 1 aromatic heterocycles. The number of nitrogens with zero attached hydrogens (tertiary/aromatic N) is 3. The number of phenolic OH excluding ortho intramolecular Hbond substituents is 1. The first-order valence-corrected chi connectivity index (χ1v) is 6.95. The summed E-state index contributed by atoms with van der Waals surface area (Å²) < 4.78 is 19.5. The minimum Gasteiger partial charge on any atom is -0.499 e. The number of hydrogen-bond donors (Lipinski definition) is 1. The van der Waals surface area contributed by atoms with Crippen molar-refractivity contribution in [1.82, 2.24) is 10.1 Å². The van der Waals surface area contributed by atoms with Crippen molar-refractivity contribution >= 4 is 11.7 Å². The molecule has 0 unspecified atom stereocenters. The monoisotopic (exact) mass is 353 g/mol. The van der Waals surface area contributed by atoms with Crippen LogP contribution < -0.4 is 4.74 Å². The molecular formula is C14H15N3O8. The van der Waals surface area contributed by atoms with Crippen molar-refractivity contribution in [2.24, 2.45) is 0 Å². The average molecular weight is 353 g/mol. The summed E-state index contributed by atoms with van der Waals surface area (Å²) in [7, 11) is 2.61. The number of carbonyl (C=O) groups is 1. The Hall–Kier alpha value is -3.21. The zero-order valence-corrected chi connectivity index (χ0v) is 13.6. The van der Waals surface area contributed by atoms with Crippen molar-refractivity contribution in [2.75, 3.05) is 27.4 Å². The number of hydrogen-bond acceptors (Lipinski definition) is 10. The van der Waals surface area contributed by atoms with Crippen LogP contribution in [0, 0.1) is 17.0 Å². The number of phenols is 1. The predicted molar refractivity (Wildman–Crippen MR) is 81.5 cm³/mol. The molecule has 1 heterocycles. The molecule has 0 saturated heterocycles. The van der Waals surface area contributed by atoms with E-state index in [1.54, 1.807) is 0 Å². The molecule has 2 rings (SSSR count). The minimum absolute atomic E-state index is 0.0689. The highest BCUT2D eigenvalue weighted by atomic mass is 16.6. The first kappa shape index (κ1) is 18.1. The fourth-order valence-corrected chi connectivity index (χ4v) is 2.05. The second-order valence-corrected chi connectivity index (χ2v) is 4.72. The van der Waals surface area contributed by atoms with E-state index < -0.39 is 27.9 Å². The normalized spacial score (nSPS) is 10.5. The summed E-state index contributed by atoms with van der Waals surface area (Å²) in [5.41, 5.74) is -1.46. The van der Waals surface area contributed by atoms with E-state index in [-0.39, 0.29) is 36.2 Å². The van der Waals surface area contributed by atoms with Crippen LogP contribution in [0.3, 0.4) is 0 Å². The Bertz CT molecular complexity index is 802. The Labute approximate surface area is 141 Å². The zero-order valence-electron chi connectivity index (χ0n) is 13.6. The molecule has 11 heteroatoms. The Morgan fingerprint density at radius 1 is 1.40 bits per heavy atom. The molecule has 1 N–H and O–H groups in total. The van der Waals surface area contributed by atoms with E-state index in [2.05, 4.69) is 10.1 Å². The van der Waals surface area contributed by atoms with E-state index in [1.165, 1.54) is 27.2 Å². The zero-order chi connectivity index (χ0) is 18.6. The van der Waals surface area contributed by atoms with Crippen molar-refractivity contribution in [2.45, 2.75) is 6.92 Å². The minimum atomic E-state index is -1.04. The van der Waals surface area contributed by atoms with Gasteiger partial charge in [-0.3, -0.25) is 10.1 Å². The summed E-state index contributed by atoms with van der Waals surface area (Å²) in [5, 5.41) is 25.2. The van der Waals surface area contributed by atoms with Crippen LogP contribution in [0.4, 0.5) is 5.69 Å². The number of aromatic hydroxyl groups is 1. The van der Waals surface area contributed by atoms with Gasteiger partial charge in [0.1, 0.15) is 6.61 Å². The van der Waals surface area contributed by atoms with E-state index in [0.29, 0.717) is 0 Å². The molecule has 2 aromatic rings. The van der Waals surface area contributed by atoms with Gasteiger partial charge in [0.25, 0.3) is 0 Å². The summed E-state index contributed by atoms with van der Waals surface area (Å²) >= 11 is 0. The summed E-state index contributed by atoms with van der Waals surface area (Å²) in [6, 6.07) is 1.19. The molecule has 0 atom stereocenters. The molecule has 0 saturated carbocycles. The van der Waals surface area contributed by atoms with Gasteiger partial charge in [-0.25, -0.2) is 4.79 Å². The third-order valence-corrected chi connectivity index (χ3v) is 3.13. The topological polar surface area (TPSA) is 147 Å². The van der Waals surface area contributed by atoms with E-state index in [1.807, 2.05) is 0 Å². The van der Waals surface area contributed by atoms with Crippen LogP contribution in [0.2, 0.25) is 0 Å². The summed E-state index contributed by atoms with van der Waals surface area (Å²) in [6.07, 6.45) is 0. The number of nitro groups is 1. The number of esters is 1. The first-order valence-electron chi connectivity index (χ1n) is 6.95. The molecular weight excluding hydrogens is 338 g/mol. The number of ether oxygens (including phenoxy) is 3. The van der Waals surface area contributed by atoms with Gasteiger partial charge < -0.3 is 23.8 Å². The molecule has 134 valence electrons. The molecule has 0 fully saturated rings. The van der Waals surface area contributed by atoms with Crippen molar-refractivity contribution in [3.8, 4) is 22.9 Å². The highest BCUT2D eigenvalue weighted by Gasteiger charge is 2.34. The molecule has 0 aliphatic carbocycles. The second kappa shape index (κ2) is 7.57. The lowest BCUT2D eigenvalue weighted by Crippen LogP contribution is -2.14. The molecule has 25 heavy (non-hydrogen) atoms.